The summed E-state index contributed by atoms with van der Waals surface area (Å²) >= 11 is 0. The molecule has 0 atom stereocenters. The summed E-state index contributed by atoms with van der Waals surface area (Å²) in [5.74, 6) is -1.23. The van der Waals surface area contributed by atoms with Crippen molar-refractivity contribution < 1.29 is 19.4 Å². The van der Waals surface area contributed by atoms with Gasteiger partial charge in [-0.2, -0.15) is 0 Å². The van der Waals surface area contributed by atoms with E-state index in [-0.39, 0.29) is 5.57 Å². The predicted molar refractivity (Wildman–Crippen MR) is 95.4 cm³/mol. The second kappa shape index (κ2) is 6.81. The zero-order valence-electron chi connectivity index (χ0n) is 14.2. The first-order valence-corrected chi connectivity index (χ1v) is 8.15. The Bertz CT molecular complexity index is 852. The van der Waals surface area contributed by atoms with Crippen LogP contribution in [0.15, 0.2) is 54.3 Å². The quantitative estimate of drug-likeness (QED) is 0.846. The maximum Gasteiger partial charge on any atom is 0.301 e. The molecule has 0 saturated carbocycles. The molecule has 2 aromatic rings. The maximum absolute atomic E-state index is 12.8. The van der Waals surface area contributed by atoms with Gasteiger partial charge in [0.05, 0.1) is 17.9 Å². The number of aliphatic hydroxyl groups is 1. The number of benzene rings is 2. The molecule has 2 amide bonds. The van der Waals surface area contributed by atoms with Crippen LogP contribution in [0.5, 0.6) is 5.75 Å². The highest BCUT2D eigenvalue weighted by Crippen LogP contribution is 2.33. The molecule has 0 saturated heterocycles. The molecule has 0 bridgehead atoms. The van der Waals surface area contributed by atoms with E-state index in [0.717, 1.165) is 16.9 Å². The second-order valence-corrected chi connectivity index (χ2v) is 5.88. The Labute approximate surface area is 146 Å². The topological polar surface area (TPSA) is 66.8 Å². The maximum atomic E-state index is 12.8. The van der Waals surface area contributed by atoms with E-state index in [1.807, 2.05) is 26.0 Å². The molecule has 1 N–H and O–H groups in total. The van der Waals surface area contributed by atoms with Crippen LogP contribution in [0.1, 0.15) is 24.5 Å². The summed E-state index contributed by atoms with van der Waals surface area (Å²) in [4.78, 5) is 26.2. The molecule has 1 aliphatic rings. The van der Waals surface area contributed by atoms with Gasteiger partial charge < -0.3 is 9.84 Å². The van der Waals surface area contributed by atoms with Crippen LogP contribution in [0, 0.1) is 6.92 Å². The van der Waals surface area contributed by atoms with Gasteiger partial charge >= 0.3 is 5.91 Å². The Kier molecular flexibility index (Phi) is 4.57. The van der Waals surface area contributed by atoms with Crippen LogP contribution in [0.3, 0.4) is 0 Å². The zero-order chi connectivity index (χ0) is 18.0. The molecule has 0 fully saturated rings. The molecule has 3 rings (SSSR count). The molecule has 25 heavy (non-hydrogen) atoms. The lowest BCUT2D eigenvalue weighted by molar-refractivity contribution is -0.121. The lowest BCUT2D eigenvalue weighted by Crippen LogP contribution is -2.31. The van der Waals surface area contributed by atoms with Gasteiger partial charge in [0.1, 0.15) is 5.75 Å². The van der Waals surface area contributed by atoms with Crippen molar-refractivity contribution in [2.45, 2.75) is 20.3 Å². The average Bonchev–Trinajstić information content (AvgIpc) is 2.83. The number of carbonyl (C=O) groups excluding carboxylic acids is 2. The van der Waals surface area contributed by atoms with Crippen molar-refractivity contribution >= 4 is 23.1 Å². The van der Waals surface area contributed by atoms with Gasteiger partial charge in [-0.1, -0.05) is 42.8 Å². The molecular weight excluding hydrogens is 318 g/mol. The number of nitrogens with zero attached hydrogens (tertiary/aromatic N) is 1. The predicted octanol–water partition coefficient (Wildman–Crippen LogP) is 3.63. The van der Waals surface area contributed by atoms with Crippen molar-refractivity contribution in [3.8, 4) is 5.75 Å². The van der Waals surface area contributed by atoms with Gasteiger partial charge in [0.15, 0.2) is 5.76 Å². The minimum absolute atomic E-state index is 0.0184. The number of imide groups is 1. The molecule has 0 radical (unpaired) electrons. The summed E-state index contributed by atoms with van der Waals surface area (Å²) in [5.41, 5.74) is 1.93. The van der Waals surface area contributed by atoms with Crippen molar-refractivity contribution in [3.63, 3.8) is 0 Å². The fourth-order valence-corrected chi connectivity index (χ4v) is 2.67. The largest absolute Gasteiger partial charge is 0.502 e. The van der Waals surface area contributed by atoms with Crippen LogP contribution in [-0.4, -0.2) is 23.5 Å². The Balaban J connectivity index is 1.94. The Morgan fingerprint density at radius 1 is 1.04 bits per heavy atom. The van der Waals surface area contributed by atoms with Crippen molar-refractivity contribution in [2.75, 3.05) is 11.5 Å². The number of hydrogen-bond acceptors (Lipinski definition) is 4. The summed E-state index contributed by atoms with van der Waals surface area (Å²) in [6.45, 7) is 4.46. The molecule has 0 spiro atoms. The fraction of sp³-hybridized carbons (Fsp3) is 0.200. The van der Waals surface area contributed by atoms with E-state index in [0.29, 0.717) is 23.6 Å². The second-order valence-electron chi connectivity index (χ2n) is 5.88. The third-order valence-corrected chi connectivity index (χ3v) is 3.95. The van der Waals surface area contributed by atoms with Crippen LogP contribution < -0.4 is 9.64 Å². The average molecular weight is 337 g/mol. The van der Waals surface area contributed by atoms with Gasteiger partial charge in [0.2, 0.25) is 0 Å². The standard InChI is InChI=1S/C20H19NO4/c1-3-11-25-16-6-4-5-15(12-16)21-19(23)17(18(22)20(21)24)14-9-7-13(2)8-10-14/h4-10,12,22H,3,11H2,1-2H3. The van der Waals surface area contributed by atoms with Crippen molar-refractivity contribution in [2.24, 2.45) is 0 Å². The van der Waals surface area contributed by atoms with E-state index in [4.69, 9.17) is 4.74 Å². The number of carbonyl (C=O) groups is 2. The first kappa shape index (κ1) is 16.8. The van der Waals surface area contributed by atoms with Crippen molar-refractivity contribution in [3.05, 3.63) is 65.4 Å². The smallest absolute Gasteiger partial charge is 0.301 e. The molecule has 5 nitrogen and oxygen atoms in total. The highest BCUT2D eigenvalue weighted by molar-refractivity contribution is 6.44. The normalized spacial score (nSPS) is 14.4. The highest BCUT2D eigenvalue weighted by atomic mass is 16.5. The molecule has 2 aromatic carbocycles. The number of hydrogen-bond donors (Lipinski definition) is 1. The number of aryl methyl sites for hydroxylation is 1. The molecule has 1 aliphatic heterocycles. The lowest BCUT2D eigenvalue weighted by Gasteiger charge is -2.16. The Morgan fingerprint density at radius 2 is 1.76 bits per heavy atom. The zero-order valence-corrected chi connectivity index (χ0v) is 14.2. The van der Waals surface area contributed by atoms with E-state index in [1.165, 1.54) is 0 Å². The lowest BCUT2D eigenvalue weighted by atomic mass is 10.0. The third-order valence-electron chi connectivity index (χ3n) is 3.95. The number of aliphatic hydroxyl groups excluding tert-OH is 1. The summed E-state index contributed by atoms with van der Waals surface area (Å²) in [6, 6.07) is 13.8. The van der Waals surface area contributed by atoms with E-state index in [9.17, 15) is 14.7 Å². The fourth-order valence-electron chi connectivity index (χ4n) is 2.67. The summed E-state index contributed by atoms with van der Waals surface area (Å²) < 4.78 is 5.55. The molecule has 5 heteroatoms. The highest BCUT2D eigenvalue weighted by Gasteiger charge is 2.40. The van der Waals surface area contributed by atoms with Crippen LogP contribution in [0.25, 0.3) is 5.57 Å². The van der Waals surface area contributed by atoms with Gasteiger partial charge in [0.25, 0.3) is 5.91 Å². The Hall–Kier alpha value is -3.08. The van der Waals surface area contributed by atoms with Gasteiger partial charge in [0, 0.05) is 6.07 Å². The first-order chi connectivity index (χ1) is 12.0. The van der Waals surface area contributed by atoms with Crippen molar-refractivity contribution in [1.29, 1.82) is 0 Å². The Morgan fingerprint density at radius 3 is 2.44 bits per heavy atom. The molecule has 1 heterocycles. The number of amides is 2. The SMILES string of the molecule is CCCOc1cccc(N2C(=O)C(O)=C(c3ccc(C)cc3)C2=O)c1. The van der Waals surface area contributed by atoms with E-state index >= 15 is 0 Å². The van der Waals surface area contributed by atoms with E-state index < -0.39 is 17.6 Å². The summed E-state index contributed by atoms with van der Waals surface area (Å²) in [6.07, 6.45) is 0.853. The molecule has 128 valence electrons. The van der Waals surface area contributed by atoms with Gasteiger partial charge in [-0.05, 0) is 31.0 Å². The number of ether oxygens (including phenoxy) is 1. The minimum atomic E-state index is -0.729. The van der Waals surface area contributed by atoms with Crippen LogP contribution in [0.4, 0.5) is 5.69 Å². The summed E-state index contributed by atoms with van der Waals surface area (Å²) in [7, 11) is 0. The van der Waals surface area contributed by atoms with Crippen LogP contribution in [-0.2, 0) is 9.59 Å². The number of rotatable bonds is 5. The molecule has 0 unspecified atom stereocenters. The van der Waals surface area contributed by atoms with Gasteiger partial charge in [-0.25, -0.2) is 4.90 Å². The molecule has 0 aliphatic carbocycles. The van der Waals surface area contributed by atoms with Crippen molar-refractivity contribution in [1.82, 2.24) is 0 Å². The monoisotopic (exact) mass is 337 g/mol. The molecular formula is C20H19NO4. The van der Waals surface area contributed by atoms with Crippen LogP contribution in [0.2, 0.25) is 0 Å². The summed E-state index contributed by atoms with van der Waals surface area (Å²) in [5, 5.41) is 10.2. The minimum Gasteiger partial charge on any atom is -0.502 e. The molecule has 0 aromatic heterocycles. The van der Waals surface area contributed by atoms with Gasteiger partial charge in [-0.3, -0.25) is 9.59 Å². The van der Waals surface area contributed by atoms with Gasteiger partial charge in [-0.15, -0.1) is 0 Å². The van der Waals surface area contributed by atoms with E-state index in [1.54, 1.807) is 36.4 Å². The number of anilines is 1. The van der Waals surface area contributed by atoms with E-state index in [2.05, 4.69) is 0 Å². The van der Waals surface area contributed by atoms with Crippen LogP contribution >= 0.6 is 0 Å². The first-order valence-electron chi connectivity index (χ1n) is 8.15. The third kappa shape index (κ3) is 3.13.